The smallest absolute Gasteiger partial charge is 0.0471 e. The maximum atomic E-state index is 9.50. The summed E-state index contributed by atoms with van der Waals surface area (Å²) in [6.07, 6.45) is 0. The Kier molecular flexibility index (Phi) is 3.11. The van der Waals surface area contributed by atoms with Crippen LogP contribution in [0.4, 0.5) is 0 Å². The third-order valence-corrected chi connectivity index (χ3v) is 4.07. The highest BCUT2D eigenvalue weighted by Crippen LogP contribution is 2.60. The van der Waals surface area contributed by atoms with Gasteiger partial charge in [0.15, 0.2) is 0 Å². The number of benzene rings is 2. The Labute approximate surface area is 112 Å². The van der Waals surface area contributed by atoms with Crippen LogP contribution in [0.25, 0.3) is 0 Å². The van der Waals surface area contributed by atoms with Gasteiger partial charge in [0, 0.05) is 11.6 Å². The van der Waals surface area contributed by atoms with Crippen molar-refractivity contribution in [2.75, 3.05) is 6.61 Å². The number of aliphatic hydroxyl groups is 1. The van der Waals surface area contributed by atoms with E-state index in [1.54, 1.807) is 0 Å². The van der Waals surface area contributed by atoms with Crippen molar-refractivity contribution in [2.24, 2.45) is 5.92 Å². The molecule has 1 N–H and O–H groups in total. The first-order chi connectivity index (χ1) is 8.81. The lowest BCUT2D eigenvalue weighted by Gasteiger charge is -2.01. The zero-order chi connectivity index (χ0) is 12.5. The van der Waals surface area contributed by atoms with E-state index in [9.17, 15) is 5.11 Å². The summed E-state index contributed by atoms with van der Waals surface area (Å²) >= 11 is 5.91. The average Bonchev–Trinajstić information content (AvgIpc) is 3.15. The largest absolute Gasteiger partial charge is 0.396 e. The van der Waals surface area contributed by atoms with Crippen LogP contribution in [-0.2, 0) is 0 Å². The highest BCUT2D eigenvalue weighted by molar-refractivity contribution is 6.30. The molecule has 2 aromatic rings. The van der Waals surface area contributed by atoms with Crippen molar-refractivity contribution >= 4 is 11.6 Å². The Morgan fingerprint density at radius 2 is 1.39 bits per heavy atom. The van der Waals surface area contributed by atoms with Crippen LogP contribution in [0.3, 0.4) is 0 Å². The molecule has 1 saturated carbocycles. The Bertz CT molecular complexity index is 521. The predicted molar refractivity (Wildman–Crippen MR) is 74.0 cm³/mol. The van der Waals surface area contributed by atoms with E-state index in [1.165, 1.54) is 11.1 Å². The Morgan fingerprint density at radius 3 is 1.94 bits per heavy atom. The third kappa shape index (κ3) is 2.05. The van der Waals surface area contributed by atoms with E-state index >= 15 is 0 Å². The van der Waals surface area contributed by atoms with Crippen LogP contribution in [0.5, 0.6) is 0 Å². The normalized spacial score (nSPS) is 26.0. The van der Waals surface area contributed by atoms with Crippen molar-refractivity contribution in [1.29, 1.82) is 0 Å². The first-order valence-electron chi connectivity index (χ1n) is 6.22. The van der Waals surface area contributed by atoms with Gasteiger partial charge in [-0.05, 0) is 41.0 Å². The van der Waals surface area contributed by atoms with Crippen LogP contribution < -0.4 is 0 Å². The molecular weight excluding hydrogens is 244 g/mol. The van der Waals surface area contributed by atoms with E-state index in [-0.39, 0.29) is 6.61 Å². The monoisotopic (exact) mass is 258 g/mol. The van der Waals surface area contributed by atoms with Crippen LogP contribution in [0.2, 0.25) is 5.02 Å². The van der Waals surface area contributed by atoms with Gasteiger partial charge in [-0.2, -0.15) is 0 Å². The maximum Gasteiger partial charge on any atom is 0.0471 e. The lowest BCUT2D eigenvalue weighted by atomic mass is 10.0. The molecule has 0 heterocycles. The van der Waals surface area contributed by atoms with Crippen molar-refractivity contribution in [3.63, 3.8) is 0 Å². The topological polar surface area (TPSA) is 20.2 Å². The Balaban J connectivity index is 1.87. The molecule has 0 unspecified atom stereocenters. The molecule has 1 fully saturated rings. The van der Waals surface area contributed by atoms with E-state index in [0.29, 0.717) is 17.8 Å². The number of halogens is 1. The zero-order valence-electron chi connectivity index (χ0n) is 9.96. The van der Waals surface area contributed by atoms with Gasteiger partial charge in [-0.25, -0.2) is 0 Å². The lowest BCUT2D eigenvalue weighted by Crippen LogP contribution is -1.88. The van der Waals surface area contributed by atoms with E-state index in [1.807, 2.05) is 18.2 Å². The van der Waals surface area contributed by atoms with Crippen LogP contribution in [0.15, 0.2) is 54.6 Å². The molecule has 2 aromatic carbocycles. The van der Waals surface area contributed by atoms with Gasteiger partial charge < -0.3 is 5.11 Å². The van der Waals surface area contributed by atoms with Gasteiger partial charge in [0.2, 0.25) is 0 Å². The van der Waals surface area contributed by atoms with Gasteiger partial charge in [0.25, 0.3) is 0 Å². The molecular formula is C16H15ClO. The number of hydrogen-bond acceptors (Lipinski definition) is 1. The summed E-state index contributed by atoms with van der Waals surface area (Å²) in [6.45, 7) is 0.243. The molecule has 2 heteroatoms. The summed E-state index contributed by atoms with van der Waals surface area (Å²) in [4.78, 5) is 0. The van der Waals surface area contributed by atoms with E-state index < -0.39 is 0 Å². The molecule has 0 bridgehead atoms. The molecule has 3 atom stereocenters. The van der Waals surface area contributed by atoms with E-state index in [2.05, 4.69) is 36.4 Å². The first-order valence-corrected chi connectivity index (χ1v) is 6.60. The summed E-state index contributed by atoms with van der Waals surface area (Å²) < 4.78 is 0. The highest BCUT2D eigenvalue weighted by atomic mass is 35.5. The molecule has 1 nitrogen and oxygen atoms in total. The molecule has 92 valence electrons. The van der Waals surface area contributed by atoms with Crippen molar-refractivity contribution in [3.05, 3.63) is 70.7 Å². The SMILES string of the molecule is OC[C@H]1[C@@H](c2ccccc2)[C@@H]1c1ccc(Cl)cc1. The van der Waals surface area contributed by atoms with Gasteiger partial charge >= 0.3 is 0 Å². The average molecular weight is 259 g/mol. The van der Waals surface area contributed by atoms with Crippen molar-refractivity contribution in [2.45, 2.75) is 11.8 Å². The van der Waals surface area contributed by atoms with Crippen LogP contribution in [0.1, 0.15) is 23.0 Å². The number of rotatable bonds is 3. The molecule has 1 aliphatic rings. The fourth-order valence-electron chi connectivity index (χ4n) is 2.87. The molecule has 1 aliphatic carbocycles. The van der Waals surface area contributed by atoms with Gasteiger partial charge in [0.05, 0.1) is 0 Å². The third-order valence-electron chi connectivity index (χ3n) is 3.82. The summed E-state index contributed by atoms with van der Waals surface area (Å²) in [5.41, 5.74) is 2.59. The minimum Gasteiger partial charge on any atom is -0.396 e. The molecule has 0 spiro atoms. The zero-order valence-corrected chi connectivity index (χ0v) is 10.7. The highest BCUT2D eigenvalue weighted by Gasteiger charge is 2.50. The van der Waals surface area contributed by atoms with Crippen molar-refractivity contribution in [3.8, 4) is 0 Å². The van der Waals surface area contributed by atoms with Gasteiger partial charge in [-0.3, -0.25) is 0 Å². The summed E-state index contributed by atoms with van der Waals surface area (Å²) in [5, 5.41) is 10.3. The molecule has 0 aromatic heterocycles. The van der Waals surface area contributed by atoms with Gasteiger partial charge in [-0.1, -0.05) is 54.1 Å². The second kappa shape index (κ2) is 4.75. The summed E-state index contributed by atoms with van der Waals surface area (Å²) in [6, 6.07) is 18.4. The quantitative estimate of drug-likeness (QED) is 0.887. The van der Waals surface area contributed by atoms with Crippen LogP contribution in [0, 0.1) is 5.92 Å². The molecule has 18 heavy (non-hydrogen) atoms. The second-order valence-corrected chi connectivity index (χ2v) is 5.30. The first kappa shape index (κ1) is 11.8. The van der Waals surface area contributed by atoms with Crippen molar-refractivity contribution in [1.82, 2.24) is 0 Å². The second-order valence-electron chi connectivity index (χ2n) is 4.86. The summed E-state index contributed by atoms with van der Waals surface area (Å²) in [5.74, 6) is 1.21. The van der Waals surface area contributed by atoms with Crippen molar-refractivity contribution < 1.29 is 5.11 Å². The fraction of sp³-hybridized carbons (Fsp3) is 0.250. The van der Waals surface area contributed by atoms with Gasteiger partial charge in [0.1, 0.15) is 0 Å². The standard InChI is InChI=1S/C16H15ClO/c17-13-8-6-12(7-9-13)16-14(10-18)15(16)11-4-2-1-3-5-11/h1-9,14-16,18H,10H2/t14-,15+,16+/m0/s1. The Hall–Kier alpha value is -1.31. The number of hydrogen-bond donors (Lipinski definition) is 1. The molecule has 0 amide bonds. The van der Waals surface area contributed by atoms with Gasteiger partial charge in [-0.15, -0.1) is 0 Å². The van der Waals surface area contributed by atoms with Crippen LogP contribution in [-0.4, -0.2) is 11.7 Å². The Morgan fingerprint density at radius 1 is 0.833 bits per heavy atom. The number of aliphatic hydroxyl groups excluding tert-OH is 1. The fourth-order valence-corrected chi connectivity index (χ4v) is 3.00. The maximum absolute atomic E-state index is 9.50. The minimum absolute atomic E-state index is 0.243. The molecule has 0 saturated heterocycles. The van der Waals surface area contributed by atoms with E-state index in [0.717, 1.165) is 5.02 Å². The minimum atomic E-state index is 0.243. The molecule has 3 rings (SSSR count). The van der Waals surface area contributed by atoms with E-state index in [4.69, 9.17) is 11.6 Å². The summed E-state index contributed by atoms with van der Waals surface area (Å²) in [7, 11) is 0. The lowest BCUT2D eigenvalue weighted by molar-refractivity contribution is 0.271. The molecule has 0 aliphatic heterocycles. The molecule has 0 radical (unpaired) electrons. The predicted octanol–water partition coefficient (Wildman–Crippen LogP) is 3.83. The van der Waals surface area contributed by atoms with Crippen LogP contribution >= 0.6 is 11.6 Å².